The molecule has 0 bridgehead atoms. The molecule has 2 amide bonds. The van der Waals surface area contributed by atoms with Gasteiger partial charge in [-0.05, 0) is 73.5 Å². The number of urea groups is 1. The maximum atomic E-state index is 13.3. The Bertz CT molecular complexity index is 1030. The van der Waals surface area contributed by atoms with Crippen LogP contribution >= 0.6 is 11.5 Å². The summed E-state index contributed by atoms with van der Waals surface area (Å²) in [5.41, 5.74) is 0. The first-order chi connectivity index (χ1) is 14.6. The Morgan fingerprint density at radius 1 is 1.16 bits per heavy atom. The molecule has 12 heteroatoms. The number of carbonyl (C=O) groups is 1. The molecule has 1 aliphatic carbocycles. The molecule has 0 spiro atoms. The number of nitrogens with zero attached hydrogens (tertiary/aromatic N) is 2. The number of aromatic nitrogens is 1. The van der Waals surface area contributed by atoms with Gasteiger partial charge in [0.1, 0.15) is 10.8 Å². The van der Waals surface area contributed by atoms with Crippen LogP contribution in [0.2, 0.25) is 0 Å². The van der Waals surface area contributed by atoms with E-state index in [0.717, 1.165) is 24.3 Å². The molecule has 31 heavy (non-hydrogen) atoms. The molecule has 2 heterocycles. The Morgan fingerprint density at radius 2 is 1.81 bits per heavy atom. The van der Waals surface area contributed by atoms with Crippen molar-refractivity contribution in [3.8, 4) is 5.75 Å². The Labute approximate surface area is 181 Å². The van der Waals surface area contributed by atoms with E-state index in [1.54, 1.807) is 17.2 Å². The van der Waals surface area contributed by atoms with Crippen LogP contribution in [0.15, 0.2) is 41.4 Å². The number of hydrogen-bond donors (Lipinski definition) is 1. The summed E-state index contributed by atoms with van der Waals surface area (Å²) in [4.78, 5) is 14.0. The van der Waals surface area contributed by atoms with Crippen LogP contribution in [0.4, 0.5) is 23.0 Å². The topological polar surface area (TPSA) is 88.6 Å². The standard InChI is InChI=1S/C19H20F3N3O4S2/c20-19(21,22)29-14-1-3-15(4-2-14)31(27,28)18(8-9-18)13-6-11-25(12-7-13)17(26)24-16-5-10-23-30-16/h1-5,10,13H,6-9,11-12H2,(H,24,26). The number of sulfone groups is 1. The minimum absolute atomic E-state index is 0.00936. The number of carbonyl (C=O) groups excluding carboxylic acids is 1. The zero-order valence-corrected chi connectivity index (χ0v) is 17.9. The summed E-state index contributed by atoms with van der Waals surface area (Å²) >= 11 is 1.18. The zero-order chi connectivity index (χ0) is 22.3. The van der Waals surface area contributed by atoms with Crippen molar-refractivity contribution in [2.24, 2.45) is 5.92 Å². The van der Waals surface area contributed by atoms with Gasteiger partial charge in [0.2, 0.25) is 0 Å². The summed E-state index contributed by atoms with van der Waals surface area (Å²) in [6, 6.07) is 5.82. The van der Waals surface area contributed by atoms with E-state index in [4.69, 9.17) is 0 Å². The van der Waals surface area contributed by atoms with Gasteiger partial charge in [-0.1, -0.05) is 0 Å². The summed E-state index contributed by atoms with van der Waals surface area (Å²) in [6.07, 6.45) is -1.13. The number of amides is 2. The summed E-state index contributed by atoms with van der Waals surface area (Å²) in [7, 11) is -3.73. The number of nitrogens with one attached hydrogen (secondary N) is 1. The van der Waals surface area contributed by atoms with Crippen LogP contribution in [0.5, 0.6) is 5.75 Å². The van der Waals surface area contributed by atoms with Crippen molar-refractivity contribution >= 4 is 32.4 Å². The van der Waals surface area contributed by atoms with Gasteiger partial charge in [-0.25, -0.2) is 13.2 Å². The van der Waals surface area contributed by atoms with Crippen molar-refractivity contribution < 1.29 is 31.1 Å². The van der Waals surface area contributed by atoms with E-state index >= 15 is 0 Å². The summed E-state index contributed by atoms with van der Waals surface area (Å²) < 4.78 is 70.4. The van der Waals surface area contributed by atoms with Crippen molar-refractivity contribution in [3.63, 3.8) is 0 Å². The SMILES string of the molecule is O=C(Nc1ccns1)N1CCC(C2(S(=O)(=O)c3ccc(OC(F)(F)F)cc3)CC2)CC1. The first kappa shape index (κ1) is 21.9. The minimum Gasteiger partial charge on any atom is -0.406 e. The van der Waals surface area contributed by atoms with E-state index < -0.39 is 26.7 Å². The molecule has 1 aromatic carbocycles. The quantitative estimate of drug-likeness (QED) is 0.697. The normalized spacial score (nSPS) is 19.1. The van der Waals surface area contributed by atoms with Crippen LogP contribution in [0.25, 0.3) is 0 Å². The predicted molar refractivity (Wildman–Crippen MR) is 108 cm³/mol. The van der Waals surface area contributed by atoms with Crippen molar-refractivity contribution in [1.29, 1.82) is 0 Å². The fraction of sp³-hybridized carbons (Fsp3) is 0.474. The monoisotopic (exact) mass is 475 g/mol. The fourth-order valence-electron chi connectivity index (χ4n) is 4.15. The zero-order valence-electron chi connectivity index (χ0n) is 16.3. The van der Waals surface area contributed by atoms with Gasteiger partial charge < -0.3 is 9.64 Å². The summed E-state index contributed by atoms with van der Waals surface area (Å²) in [5, 5.41) is 3.42. The Balaban J connectivity index is 1.41. The Kier molecular flexibility index (Phi) is 5.63. The van der Waals surface area contributed by atoms with E-state index in [-0.39, 0.29) is 16.8 Å². The highest BCUT2D eigenvalue weighted by atomic mass is 32.2. The lowest BCUT2D eigenvalue weighted by atomic mass is 9.91. The molecule has 1 saturated heterocycles. The molecule has 4 rings (SSSR count). The number of piperidine rings is 1. The number of rotatable bonds is 5. The third-order valence-electron chi connectivity index (χ3n) is 5.84. The second-order valence-corrected chi connectivity index (χ2v) is 10.8. The third-order valence-corrected chi connectivity index (χ3v) is 9.21. The number of likely N-dealkylation sites (tertiary alicyclic amines) is 1. The van der Waals surface area contributed by atoms with Gasteiger partial charge in [-0.15, -0.1) is 13.2 Å². The van der Waals surface area contributed by atoms with Gasteiger partial charge in [0.25, 0.3) is 0 Å². The molecule has 0 unspecified atom stereocenters. The van der Waals surface area contributed by atoms with Crippen molar-refractivity contribution in [1.82, 2.24) is 9.27 Å². The number of alkyl halides is 3. The first-order valence-corrected chi connectivity index (χ1v) is 11.9. The number of halogens is 3. The smallest absolute Gasteiger partial charge is 0.406 e. The average molecular weight is 476 g/mol. The van der Waals surface area contributed by atoms with Crippen molar-refractivity contribution in [2.45, 2.75) is 41.7 Å². The summed E-state index contributed by atoms with van der Waals surface area (Å²) in [6.45, 7) is 0.871. The lowest BCUT2D eigenvalue weighted by molar-refractivity contribution is -0.274. The molecule has 1 aromatic heterocycles. The average Bonchev–Trinajstić information content (AvgIpc) is 3.39. The van der Waals surface area contributed by atoms with E-state index in [1.165, 1.54) is 11.5 Å². The molecule has 1 aliphatic heterocycles. The van der Waals surface area contributed by atoms with E-state index in [2.05, 4.69) is 14.4 Å². The predicted octanol–water partition coefficient (Wildman–Crippen LogP) is 4.29. The van der Waals surface area contributed by atoms with Crippen molar-refractivity contribution in [3.05, 3.63) is 36.5 Å². The van der Waals surface area contributed by atoms with Gasteiger partial charge in [-0.2, -0.15) is 4.37 Å². The maximum Gasteiger partial charge on any atom is 0.573 e. The van der Waals surface area contributed by atoms with E-state index in [0.29, 0.717) is 43.8 Å². The van der Waals surface area contributed by atoms with Crippen LogP contribution < -0.4 is 10.1 Å². The van der Waals surface area contributed by atoms with Gasteiger partial charge >= 0.3 is 12.4 Å². The lowest BCUT2D eigenvalue weighted by Gasteiger charge is -2.36. The maximum absolute atomic E-state index is 13.3. The second kappa shape index (κ2) is 7.97. The van der Waals surface area contributed by atoms with Gasteiger partial charge in [0.05, 0.1) is 9.64 Å². The molecular formula is C19H20F3N3O4S2. The largest absolute Gasteiger partial charge is 0.573 e. The Hall–Kier alpha value is -2.34. The van der Waals surface area contributed by atoms with Crippen LogP contribution in [0.3, 0.4) is 0 Å². The number of ether oxygens (including phenoxy) is 1. The van der Waals surface area contributed by atoms with Crippen LogP contribution in [0, 0.1) is 5.92 Å². The number of hydrogen-bond acceptors (Lipinski definition) is 6. The molecule has 7 nitrogen and oxygen atoms in total. The molecule has 168 valence electrons. The highest BCUT2D eigenvalue weighted by Crippen LogP contribution is 2.55. The molecule has 0 radical (unpaired) electrons. The van der Waals surface area contributed by atoms with Gasteiger partial charge in [-0.3, -0.25) is 5.32 Å². The molecule has 2 aromatic rings. The van der Waals surface area contributed by atoms with Crippen molar-refractivity contribution in [2.75, 3.05) is 18.4 Å². The molecule has 2 aliphatic rings. The highest BCUT2D eigenvalue weighted by Gasteiger charge is 2.60. The molecule has 2 fully saturated rings. The third kappa shape index (κ3) is 4.49. The van der Waals surface area contributed by atoms with Gasteiger partial charge in [0, 0.05) is 19.3 Å². The second-order valence-electron chi connectivity index (χ2n) is 7.66. The Morgan fingerprint density at radius 3 is 2.32 bits per heavy atom. The van der Waals surface area contributed by atoms with E-state index in [1.807, 2.05) is 0 Å². The van der Waals surface area contributed by atoms with Crippen LogP contribution in [-0.2, 0) is 9.84 Å². The van der Waals surface area contributed by atoms with Crippen LogP contribution in [0.1, 0.15) is 25.7 Å². The van der Waals surface area contributed by atoms with Crippen LogP contribution in [-0.4, -0.2) is 47.9 Å². The number of anilines is 1. The molecule has 0 atom stereocenters. The molecular weight excluding hydrogens is 455 g/mol. The van der Waals surface area contributed by atoms with E-state index in [9.17, 15) is 26.4 Å². The highest BCUT2D eigenvalue weighted by molar-refractivity contribution is 7.93. The first-order valence-electron chi connectivity index (χ1n) is 9.68. The minimum atomic E-state index is -4.83. The fourth-order valence-corrected chi connectivity index (χ4v) is 6.92. The molecule has 1 saturated carbocycles. The van der Waals surface area contributed by atoms with Gasteiger partial charge in [0.15, 0.2) is 9.84 Å². The summed E-state index contributed by atoms with van der Waals surface area (Å²) in [5.74, 6) is -0.576. The molecule has 1 N–H and O–H groups in total. The number of benzene rings is 1. The lowest BCUT2D eigenvalue weighted by Crippen LogP contribution is -2.45.